The summed E-state index contributed by atoms with van der Waals surface area (Å²) in [5.41, 5.74) is 2.54. The molecule has 0 aromatic heterocycles. The van der Waals surface area contributed by atoms with E-state index >= 15 is 0 Å². The molecule has 21 heavy (non-hydrogen) atoms. The normalized spacial score (nSPS) is 15.5. The van der Waals surface area contributed by atoms with Crippen LogP contribution in [-0.4, -0.2) is 57.3 Å². The van der Waals surface area contributed by atoms with Crippen LogP contribution < -0.4 is 15.0 Å². The Balaban J connectivity index is 2.00. The number of benzene rings is 1. The number of aryl methyl sites for hydroxylation is 1. The molecule has 0 saturated carbocycles. The number of hydrogen-bond donors (Lipinski definition) is 1. The van der Waals surface area contributed by atoms with Crippen LogP contribution in [-0.2, 0) is 0 Å². The van der Waals surface area contributed by atoms with Crippen LogP contribution in [0.2, 0.25) is 0 Å². The van der Waals surface area contributed by atoms with Crippen molar-refractivity contribution >= 4 is 5.69 Å². The van der Waals surface area contributed by atoms with Gasteiger partial charge in [0.1, 0.15) is 12.4 Å². The monoisotopic (exact) mass is 291 g/mol. The molecule has 0 amide bonds. The summed E-state index contributed by atoms with van der Waals surface area (Å²) >= 11 is 0. The molecular formula is C17H29N3O. The molecule has 1 aliphatic rings. The third-order valence-corrected chi connectivity index (χ3v) is 4.13. The van der Waals surface area contributed by atoms with E-state index in [1.54, 1.807) is 0 Å². The number of likely N-dealkylation sites (N-methyl/N-ethyl adjacent to an activating group) is 1. The molecule has 1 saturated heterocycles. The third-order valence-electron chi connectivity index (χ3n) is 4.13. The summed E-state index contributed by atoms with van der Waals surface area (Å²) < 4.78 is 6.08. The highest BCUT2D eigenvalue weighted by Gasteiger charge is 2.15. The quantitative estimate of drug-likeness (QED) is 0.833. The molecular weight excluding hydrogens is 262 g/mol. The number of hydrogen-bond acceptors (Lipinski definition) is 4. The van der Waals surface area contributed by atoms with E-state index in [4.69, 9.17) is 4.74 Å². The van der Waals surface area contributed by atoms with Crippen molar-refractivity contribution in [1.82, 2.24) is 10.2 Å². The fourth-order valence-corrected chi connectivity index (χ4v) is 2.73. The van der Waals surface area contributed by atoms with Gasteiger partial charge in [-0.25, -0.2) is 0 Å². The van der Waals surface area contributed by atoms with E-state index in [9.17, 15) is 0 Å². The van der Waals surface area contributed by atoms with Crippen LogP contribution >= 0.6 is 0 Å². The molecule has 1 aromatic rings. The lowest BCUT2D eigenvalue weighted by Gasteiger charge is -2.31. The van der Waals surface area contributed by atoms with E-state index < -0.39 is 0 Å². The highest BCUT2D eigenvalue weighted by atomic mass is 16.5. The maximum Gasteiger partial charge on any atom is 0.142 e. The summed E-state index contributed by atoms with van der Waals surface area (Å²) in [5, 5.41) is 3.40. The van der Waals surface area contributed by atoms with Gasteiger partial charge in [0.2, 0.25) is 0 Å². The van der Waals surface area contributed by atoms with Crippen molar-refractivity contribution in [3.63, 3.8) is 0 Å². The second-order valence-corrected chi connectivity index (χ2v) is 5.58. The van der Waals surface area contributed by atoms with Crippen LogP contribution in [0.3, 0.4) is 0 Å². The second-order valence-electron chi connectivity index (χ2n) is 5.58. The lowest BCUT2D eigenvalue weighted by Crippen LogP contribution is -2.43. The Morgan fingerprint density at radius 1 is 1.19 bits per heavy atom. The minimum Gasteiger partial charge on any atom is -0.490 e. The average molecular weight is 291 g/mol. The predicted octanol–water partition coefficient (Wildman–Crippen LogP) is 2.13. The van der Waals surface area contributed by atoms with E-state index in [0.717, 1.165) is 58.2 Å². The zero-order chi connectivity index (χ0) is 15.1. The zero-order valence-electron chi connectivity index (χ0n) is 13.7. The van der Waals surface area contributed by atoms with Crippen LogP contribution in [0.1, 0.15) is 19.4 Å². The highest BCUT2D eigenvalue weighted by molar-refractivity contribution is 5.60. The zero-order valence-corrected chi connectivity index (χ0v) is 13.7. The van der Waals surface area contributed by atoms with Gasteiger partial charge >= 0.3 is 0 Å². The molecule has 1 fully saturated rings. The Bertz CT molecular complexity index is 426. The van der Waals surface area contributed by atoms with Gasteiger partial charge in [0.05, 0.1) is 5.69 Å². The lowest BCUT2D eigenvalue weighted by molar-refractivity contribution is 0.223. The molecule has 0 spiro atoms. The molecule has 4 nitrogen and oxygen atoms in total. The summed E-state index contributed by atoms with van der Waals surface area (Å²) in [6.07, 6.45) is 0. The van der Waals surface area contributed by atoms with Gasteiger partial charge in [-0.05, 0) is 37.7 Å². The van der Waals surface area contributed by atoms with Crippen molar-refractivity contribution < 1.29 is 4.74 Å². The number of nitrogens with one attached hydrogen (secondary N) is 1. The first-order valence-electron chi connectivity index (χ1n) is 8.16. The van der Waals surface area contributed by atoms with E-state index in [-0.39, 0.29) is 0 Å². The molecule has 0 bridgehead atoms. The topological polar surface area (TPSA) is 27.7 Å². The number of rotatable bonds is 7. The number of piperazine rings is 1. The molecule has 0 atom stereocenters. The van der Waals surface area contributed by atoms with Gasteiger partial charge < -0.3 is 19.9 Å². The van der Waals surface area contributed by atoms with E-state index in [2.05, 4.69) is 54.1 Å². The maximum atomic E-state index is 6.08. The molecule has 0 unspecified atom stereocenters. The summed E-state index contributed by atoms with van der Waals surface area (Å²) in [5.74, 6) is 1.02. The van der Waals surface area contributed by atoms with Gasteiger partial charge in [-0.2, -0.15) is 0 Å². The van der Waals surface area contributed by atoms with Gasteiger partial charge in [-0.1, -0.05) is 19.9 Å². The Hall–Kier alpha value is -1.26. The number of anilines is 1. The second kappa shape index (κ2) is 8.25. The Morgan fingerprint density at radius 3 is 2.57 bits per heavy atom. The summed E-state index contributed by atoms with van der Waals surface area (Å²) in [6.45, 7) is 14.6. The van der Waals surface area contributed by atoms with Crippen molar-refractivity contribution in [3.8, 4) is 5.75 Å². The fourth-order valence-electron chi connectivity index (χ4n) is 2.73. The smallest absolute Gasteiger partial charge is 0.142 e. The van der Waals surface area contributed by atoms with E-state index in [0.29, 0.717) is 0 Å². The maximum absolute atomic E-state index is 6.08. The van der Waals surface area contributed by atoms with E-state index in [1.807, 2.05) is 0 Å². The molecule has 0 radical (unpaired) electrons. The van der Waals surface area contributed by atoms with Crippen LogP contribution in [0.5, 0.6) is 5.75 Å². The SMILES string of the molecule is CCN(CC)CCOc1ccc(C)cc1N1CCNCC1. The number of ether oxygens (including phenoxy) is 1. The molecule has 118 valence electrons. The number of nitrogens with zero attached hydrogens (tertiary/aromatic N) is 2. The summed E-state index contributed by atoms with van der Waals surface area (Å²) in [6, 6.07) is 6.51. The standard InChI is InChI=1S/C17H29N3O/c1-4-19(5-2)12-13-21-17-7-6-15(3)14-16(17)20-10-8-18-9-11-20/h6-7,14,18H,4-5,8-13H2,1-3H3. The van der Waals surface area contributed by atoms with Gasteiger partial charge in [-0.3, -0.25) is 0 Å². The van der Waals surface area contributed by atoms with Gasteiger partial charge in [-0.15, -0.1) is 0 Å². The van der Waals surface area contributed by atoms with Crippen LogP contribution in [0.4, 0.5) is 5.69 Å². The van der Waals surface area contributed by atoms with Crippen LogP contribution in [0.25, 0.3) is 0 Å². The van der Waals surface area contributed by atoms with Gasteiger partial charge in [0.25, 0.3) is 0 Å². The molecule has 2 rings (SSSR count). The molecule has 1 heterocycles. The minimum absolute atomic E-state index is 0.754. The first kappa shape index (κ1) is 16.1. The summed E-state index contributed by atoms with van der Waals surface area (Å²) in [4.78, 5) is 4.81. The first-order valence-corrected chi connectivity index (χ1v) is 8.16. The van der Waals surface area contributed by atoms with Crippen molar-refractivity contribution in [2.45, 2.75) is 20.8 Å². The molecule has 4 heteroatoms. The average Bonchev–Trinajstić information content (AvgIpc) is 2.53. The molecule has 1 aliphatic heterocycles. The molecule has 1 aromatic carbocycles. The van der Waals surface area contributed by atoms with Crippen molar-refractivity contribution in [3.05, 3.63) is 23.8 Å². The van der Waals surface area contributed by atoms with Crippen LogP contribution in [0.15, 0.2) is 18.2 Å². The molecule has 1 N–H and O–H groups in total. The highest BCUT2D eigenvalue weighted by Crippen LogP contribution is 2.29. The van der Waals surface area contributed by atoms with Crippen molar-refractivity contribution in [1.29, 1.82) is 0 Å². The largest absolute Gasteiger partial charge is 0.490 e. The van der Waals surface area contributed by atoms with Crippen molar-refractivity contribution in [2.75, 3.05) is 57.3 Å². The Labute approximate surface area is 129 Å². The Kier molecular flexibility index (Phi) is 6.33. The van der Waals surface area contributed by atoms with Gasteiger partial charge in [0.15, 0.2) is 0 Å². The fraction of sp³-hybridized carbons (Fsp3) is 0.647. The lowest BCUT2D eigenvalue weighted by atomic mass is 10.1. The summed E-state index contributed by atoms with van der Waals surface area (Å²) in [7, 11) is 0. The van der Waals surface area contributed by atoms with Gasteiger partial charge in [0, 0.05) is 32.7 Å². The minimum atomic E-state index is 0.754. The van der Waals surface area contributed by atoms with Crippen LogP contribution in [0, 0.1) is 6.92 Å². The predicted molar refractivity (Wildman–Crippen MR) is 89.5 cm³/mol. The first-order chi connectivity index (χ1) is 10.2. The Morgan fingerprint density at radius 2 is 1.90 bits per heavy atom. The molecule has 0 aliphatic carbocycles. The third kappa shape index (κ3) is 4.61. The van der Waals surface area contributed by atoms with E-state index in [1.165, 1.54) is 11.3 Å². The van der Waals surface area contributed by atoms with Crippen molar-refractivity contribution in [2.24, 2.45) is 0 Å².